The highest BCUT2D eigenvalue weighted by Crippen LogP contribution is 2.30. The molecular weight excluding hydrogens is 303 g/mol. The summed E-state index contributed by atoms with van der Waals surface area (Å²) in [6.45, 7) is 1.95. The molecule has 0 unspecified atom stereocenters. The van der Waals surface area contributed by atoms with Gasteiger partial charge in [0.2, 0.25) is 10.0 Å². The topological polar surface area (TPSA) is 72.2 Å². The molecule has 0 radical (unpaired) electrons. The van der Waals surface area contributed by atoms with Gasteiger partial charge < -0.3 is 5.73 Å². The third-order valence-electron chi connectivity index (χ3n) is 3.68. The lowest BCUT2D eigenvalue weighted by Gasteiger charge is -2.28. The molecule has 3 N–H and O–H groups in total. The molecule has 0 heterocycles. The summed E-state index contributed by atoms with van der Waals surface area (Å²) in [5, 5.41) is 0. The number of hydrogen-bond acceptors (Lipinski definition) is 3. The van der Waals surface area contributed by atoms with Gasteiger partial charge in [0.15, 0.2) is 0 Å². The van der Waals surface area contributed by atoms with Gasteiger partial charge in [0.1, 0.15) is 10.7 Å². The molecule has 1 aromatic carbocycles. The van der Waals surface area contributed by atoms with Gasteiger partial charge in [-0.1, -0.05) is 18.9 Å². The zero-order chi connectivity index (χ0) is 14.1. The summed E-state index contributed by atoms with van der Waals surface area (Å²) < 4.78 is 41.0. The monoisotopic (exact) mass is 322 g/mol. The number of sulfonamides is 1. The molecular formula is C13H20ClFN2O2S. The molecule has 1 aliphatic carbocycles. The minimum Gasteiger partial charge on any atom is -0.329 e. The van der Waals surface area contributed by atoms with E-state index >= 15 is 0 Å². The molecule has 7 heteroatoms. The first-order valence-corrected chi connectivity index (χ1v) is 7.87. The summed E-state index contributed by atoms with van der Waals surface area (Å²) in [4.78, 5) is -0.308. The van der Waals surface area contributed by atoms with Crippen LogP contribution in [0.15, 0.2) is 23.1 Å². The van der Waals surface area contributed by atoms with Crippen LogP contribution in [0, 0.1) is 12.7 Å². The van der Waals surface area contributed by atoms with E-state index in [0.29, 0.717) is 18.4 Å². The van der Waals surface area contributed by atoms with Crippen molar-refractivity contribution < 1.29 is 12.8 Å². The third kappa shape index (κ3) is 3.49. The van der Waals surface area contributed by atoms with Gasteiger partial charge in [-0.3, -0.25) is 0 Å². The molecule has 0 spiro atoms. The Balaban J connectivity index is 0.00000200. The van der Waals surface area contributed by atoms with Gasteiger partial charge in [-0.05, 0) is 37.5 Å². The minimum atomic E-state index is -3.87. The quantitative estimate of drug-likeness (QED) is 0.891. The zero-order valence-corrected chi connectivity index (χ0v) is 13.0. The van der Waals surface area contributed by atoms with Crippen LogP contribution < -0.4 is 10.5 Å². The normalized spacial score (nSPS) is 17.8. The van der Waals surface area contributed by atoms with E-state index in [4.69, 9.17) is 5.73 Å². The largest absolute Gasteiger partial charge is 0.329 e. The van der Waals surface area contributed by atoms with Gasteiger partial charge in [0.05, 0.1) is 0 Å². The van der Waals surface area contributed by atoms with Crippen LogP contribution in [0.4, 0.5) is 4.39 Å². The van der Waals surface area contributed by atoms with Crippen LogP contribution in [0.25, 0.3) is 0 Å². The summed E-state index contributed by atoms with van der Waals surface area (Å²) in [5.74, 6) is -0.724. The van der Waals surface area contributed by atoms with E-state index in [1.54, 1.807) is 13.0 Å². The maximum atomic E-state index is 13.8. The van der Waals surface area contributed by atoms with Crippen LogP contribution >= 0.6 is 12.4 Å². The Morgan fingerprint density at radius 1 is 1.35 bits per heavy atom. The highest BCUT2D eigenvalue weighted by atomic mass is 35.5. The molecule has 0 amide bonds. The summed E-state index contributed by atoms with van der Waals surface area (Å²) in [6, 6.07) is 4.10. The van der Waals surface area contributed by atoms with Crippen molar-refractivity contribution in [1.82, 2.24) is 4.72 Å². The average Bonchev–Trinajstić information content (AvgIpc) is 2.77. The minimum absolute atomic E-state index is 0. The second kappa shape index (κ2) is 6.39. The standard InChI is InChI=1S/C13H19FN2O2S.ClH/c1-10-4-5-12(11(14)8-10)19(17,18)16-13(9-15)6-2-3-7-13;/h4-5,8,16H,2-3,6-7,9,15H2,1H3;1H. The van der Waals surface area contributed by atoms with Gasteiger partial charge in [-0.25, -0.2) is 17.5 Å². The van der Waals surface area contributed by atoms with Gasteiger partial charge >= 0.3 is 0 Å². The van der Waals surface area contributed by atoms with E-state index in [1.165, 1.54) is 12.1 Å². The molecule has 20 heavy (non-hydrogen) atoms. The smallest absolute Gasteiger partial charge is 0.244 e. The fourth-order valence-electron chi connectivity index (χ4n) is 2.56. The summed E-state index contributed by atoms with van der Waals surface area (Å²) >= 11 is 0. The fourth-order valence-corrected chi connectivity index (χ4v) is 4.09. The Morgan fingerprint density at radius 3 is 2.45 bits per heavy atom. The molecule has 2 rings (SSSR count). The van der Waals surface area contributed by atoms with Gasteiger partial charge in [0.25, 0.3) is 0 Å². The number of benzene rings is 1. The summed E-state index contributed by atoms with van der Waals surface area (Å²) in [5.41, 5.74) is 5.77. The molecule has 0 bridgehead atoms. The van der Waals surface area contributed by atoms with E-state index in [9.17, 15) is 12.8 Å². The highest BCUT2D eigenvalue weighted by Gasteiger charge is 2.37. The van der Waals surface area contributed by atoms with E-state index in [1.807, 2.05) is 0 Å². The Kier molecular flexibility index (Phi) is 5.54. The van der Waals surface area contributed by atoms with Crippen LogP contribution in [-0.2, 0) is 10.0 Å². The predicted molar refractivity (Wildman–Crippen MR) is 79.0 cm³/mol. The van der Waals surface area contributed by atoms with Gasteiger partial charge in [-0.15, -0.1) is 12.4 Å². The molecule has 1 aromatic rings. The number of hydrogen-bond donors (Lipinski definition) is 2. The molecule has 0 aromatic heterocycles. The maximum Gasteiger partial charge on any atom is 0.244 e. The molecule has 1 saturated carbocycles. The van der Waals surface area contributed by atoms with Crippen LogP contribution in [0.5, 0.6) is 0 Å². The Hall–Kier alpha value is -0.690. The molecule has 1 aliphatic rings. The Morgan fingerprint density at radius 2 is 1.95 bits per heavy atom. The van der Waals surface area contributed by atoms with Crippen molar-refractivity contribution in [3.05, 3.63) is 29.6 Å². The second-order valence-electron chi connectivity index (χ2n) is 5.23. The first-order chi connectivity index (χ1) is 8.88. The van der Waals surface area contributed by atoms with Crippen molar-refractivity contribution >= 4 is 22.4 Å². The number of aryl methyl sites for hydroxylation is 1. The molecule has 1 fully saturated rings. The molecule has 0 atom stereocenters. The van der Waals surface area contributed by atoms with Crippen LogP contribution in [0.2, 0.25) is 0 Å². The van der Waals surface area contributed by atoms with Crippen molar-refractivity contribution in [2.75, 3.05) is 6.54 Å². The van der Waals surface area contributed by atoms with E-state index in [2.05, 4.69) is 4.72 Å². The van der Waals surface area contributed by atoms with Gasteiger partial charge in [0, 0.05) is 12.1 Å². The SMILES string of the molecule is Cc1ccc(S(=O)(=O)NC2(CN)CCCC2)c(F)c1.Cl. The van der Waals surface area contributed by atoms with Crippen molar-refractivity contribution in [3.8, 4) is 0 Å². The molecule has 114 valence electrons. The number of nitrogens with two attached hydrogens (primary N) is 1. The molecule has 0 saturated heterocycles. The van der Waals surface area contributed by atoms with Crippen LogP contribution in [0.1, 0.15) is 31.2 Å². The lowest BCUT2D eigenvalue weighted by atomic mass is 10.0. The number of nitrogens with one attached hydrogen (secondary N) is 1. The van der Waals surface area contributed by atoms with Crippen molar-refractivity contribution in [2.24, 2.45) is 5.73 Å². The van der Waals surface area contributed by atoms with Crippen molar-refractivity contribution in [1.29, 1.82) is 0 Å². The van der Waals surface area contributed by atoms with E-state index < -0.39 is 21.4 Å². The lowest BCUT2D eigenvalue weighted by Crippen LogP contribution is -2.51. The second-order valence-corrected chi connectivity index (χ2v) is 6.88. The maximum absolute atomic E-state index is 13.8. The first kappa shape index (κ1) is 17.4. The first-order valence-electron chi connectivity index (χ1n) is 6.39. The van der Waals surface area contributed by atoms with E-state index in [0.717, 1.165) is 12.8 Å². The number of rotatable bonds is 4. The van der Waals surface area contributed by atoms with Crippen molar-refractivity contribution in [3.63, 3.8) is 0 Å². The van der Waals surface area contributed by atoms with Crippen molar-refractivity contribution in [2.45, 2.75) is 43.0 Å². The lowest BCUT2D eigenvalue weighted by molar-refractivity contribution is 0.398. The highest BCUT2D eigenvalue weighted by molar-refractivity contribution is 7.89. The van der Waals surface area contributed by atoms with Gasteiger partial charge in [-0.2, -0.15) is 0 Å². The summed E-state index contributed by atoms with van der Waals surface area (Å²) in [6.07, 6.45) is 3.29. The number of halogens is 2. The Labute approximate surface area is 125 Å². The Bertz CT molecular complexity index is 572. The van der Waals surface area contributed by atoms with Crippen LogP contribution in [0.3, 0.4) is 0 Å². The third-order valence-corrected chi connectivity index (χ3v) is 5.29. The van der Waals surface area contributed by atoms with Crippen LogP contribution in [-0.4, -0.2) is 20.5 Å². The van der Waals surface area contributed by atoms with E-state index in [-0.39, 0.29) is 23.8 Å². The predicted octanol–water partition coefficient (Wildman–Crippen LogP) is 2.11. The molecule has 4 nitrogen and oxygen atoms in total. The fraction of sp³-hybridized carbons (Fsp3) is 0.538. The summed E-state index contributed by atoms with van der Waals surface area (Å²) in [7, 11) is -3.87. The average molecular weight is 323 g/mol. The molecule has 0 aliphatic heterocycles. The zero-order valence-electron chi connectivity index (χ0n) is 11.4.